The van der Waals surface area contributed by atoms with Gasteiger partial charge >= 0.3 is 0 Å². The minimum atomic E-state index is -3.19. The highest BCUT2D eigenvalue weighted by molar-refractivity contribution is 7.89. The average molecular weight is 479 g/mol. The zero-order valence-electron chi connectivity index (χ0n) is 18.9. The van der Waals surface area contributed by atoms with Gasteiger partial charge in [-0.2, -0.15) is 5.26 Å². The number of piperidine rings is 1. The highest BCUT2D eigenvalue weighted by Gasteiger charge is 2.32. The molecule has 0 atom stereocenters. The number of hydrogen-bond acceptors (Lipinski definition) is 5. The molecule has 0 radical (unpaired) electrons. The fourth-order valence-corrected chi connectivity index (χ4v) is 6.74. The average Bonchev–Trinajstić information content (AvgIpc) is 2.82. The van der Waals surface area contributed by atoms with E-state index in [0.717, 1.165) is 59.7 Å². The Hall–Kier alpha value is -3.02. The fraction of sp³-hybridized carbons (Fsp3) is 0.385. The number of fused-ring (bicyclic) bond motifs is 1. The van der Waals surface area contributed by atoms with Crippen molar-refractivity contribution < 1.29 is 12.8 Å². The number of nitrogens with one attached hydrogen (secondary N) is 1. The Kier molecular flexibility index (Phi) is 6.24. The Balaban J connectivity index is 1.36. The molecule has 34 heavy (non-hydrogen) atoms. The highest BCUT2D eigenvalue weighted by atomic mass is 32.2. The molecule has 2 heterocycles. The zero-order valence-corrected chi connectivity index (χ0v) is 19.7. The molecule has 5 rings (SSSR count). The van der Waals surface area contributed by atoms with Crippen molar-refractivity contribution in [3.05, 3.63) is 60.2 Å². The topological polar surface area (TPSA) is 86.1 Å². The second-order valence-corrected chi connectivity index (χ2v) is 11.3. The lowest BCUT2D eigenvalue weighted by Crippen LogP contribution is -2.44. The molecule has 1 aliphatic carbocycles. The van der Waals surface area contributed by atoms with Gasteiger partial charge in [0.25, 0.3) is 0 Å². The molecule has 0 amide bonds. The number of hydrogen-bond donors (Lipinski definition) is 1. The number of rotatable bonds is 6. The van der Waals surface area contributed by atoms with Crippen molar-refractivity contribution in [2.45, 2.75) is 38.1 Å². The number of nitrogens with zero attached hydrogens (tertiary/aromatic N) is 3. The monoisotopic (exact) mass is 478 g/mol. The van der Waals surface area contributed by atoms with Crippen molar-refractivity contribution in [1.29, 1.82) is 5.26 Å². The van der Waals surface area contributed by atoms with E-state index in [1.165, 1.54) is 6.07 Å². The van der Waals surface area contributed by atoms with Crippen LogP contribution in [-0.4, -0.2) is 42.6 Å². The van der Waals surface area contributed by atoms with Crippen LogP contribution >= 0.6 is 0 Å². The van der Waals surface area contributed by atoms with Gasteiger partial charge in [-0.3, -0.25) is 4.98 Å². The number of pyridine rings is 1. The van der Waals surface area contributed by atoms with Crippen molar-refractivity contribution in [3.8, 4) is 17.2 Å². The Morgan fingerprint density at radius 1 is 1.09 bits per heavy atom. The van der Waals surface area contributed by atoms with Gasteiger partial charge in [-0.1, -0.05) is 12.5 Å². The minimum Gasteiger partial charge on any atom is -0.382 e. The van der Waals surface area contributed by atoms with Crippen LogP contribution < -0.4 is 5.32 Å². The Bertz CT molecular complexity index is 1360. The summed E-state index contributed by atoms with van der Waals surface area (Å²) in [5, 5.41) is 14.8. The largest absolute Gasteiger partial charge is 0.382 e. The maximum absolute atomic E-state index is 13.8. The smallest absolute Gasteiger partial charge is 0.214 e. The molecular formula is C26H27FN4O2S. The molecular weight excluding hydrogens is 451 g/mol. The van der Waals surface area contributed by atoms with Gasteiger partial charge in [0.2, 0.25) is 10.0 Å². The van der Waals surface area contributed by atoms with Gasteiger partial charge in [-0.05, 0) is 78.4 Å². The molecule has 0 spiro atoms. The maximum Gasteiger partial charge on any atom is 0.214 e. The van der Waals surface area contributed by atoms with Crippen LogP contribution in [0, 0.1) is 23.1 Å². The molecule has 2 aliphatic rings. The van der Waals surface area contributed by atoms with Crippen molar-refractivity contribution in [1.82, 2.24) is 9.29 Å². The predicted octanol–water partition coefficient (Wildman–Crippen LogP) is 4.92. The van der Waals surface area contributed by atoms with Gasteiger partial charge in [0.15, 0.2) is 0 Å². The second kappa shape index (κ2) is 9.32. The van der Waals surface area contributed by atoms with Gasteiger partial charge < -0.3 is 5.32 Å². The summed E-state index contributed by atoms with van der Waals surface area (Å²) < 4.78 is 41.0. The molecule has 0 bridgehead atoms. The molecule has 1 N–H and O–H groups in total. The summed E-state index contributed by atoms with van der Waals surface area (Å²) in [5.74, 6) is 0.0790. The summed E-state index contributed by atoms with van der Waals surface area (Å²) in [6.45, 7) is 1.04. The molecule has 1 saturated carbocycles. The van der Waals surface area contributed by atoms with Gasteiger partial charge in [0, 0.05) is 42.6 Å². The van der Waals surface area contributed by atoms with Gasteiger partial charge in [-0.25, -0.2) is 17.1 Å². The number of benzene rings is 2. The molecule has 1 aromatic heterocycles. The van der Waals surface area contributed by atoms with Crippen LogP contribution in [0.15, 0.2) is 48.8 Å². The lowest BCUT2D eigenvalue weighted by atomic mass is 9.87. The first-order valence-electron chi connectivity index (χ1n) is 11.7. The first-order valence-corrected chi connectivity index (χ1v) is 13.4. The van der Waals surface area contributed by atoms with Crippen molar-refractivity contribution >= 4 is 26.5 Å². The summed E-state index contributed by atoms with van der Waals surface area (Å²) in [5.41, 5.74) is 2.55. The van der Waals surface area contributed by atoms with E-state index in [1.807, 2.05) is 30.5 Å². The quantitative estimate of drug-likeness (QED) is 0.544. The Morgan fingerprint density at radius 2 is 1.88 bits per heavy atom. The summed E-state index contributed by atoms with van der Waals surface area (Å²) in [6.07, 6.45) is 8.19. The third-order valence-corrected chi connectivity index (χ3v) is 9.10. The Labute approximate surface area is 199 Å². The maximum atomic E-state index is 13.8. The lowest BCUT2D eigenvalue weighted by molar-refractivity contribution is 0.309. The van der Waals surface area contributed by atoms with E-state index in [-0.39, 0.29) is 17.4 Å². The van der Waals surface area contributed by atoms with Crippen LogP contribution in [0.25, 0.3) is 21.9 Å². The van der Waals surface area contributed by atoms with E-state index in [1.54, 1.807) is 22.6 Å². The van der Waals surface area contributed by atoms with Crippen LogP contribution in [0.5, 0.6) is 0 Å². The number of anilines is 1. The van der Waals surface area contributed by atoms with E-state index >= 15 is 0 Å². The molecule has 2 fully saturated rings. The first kappa shape index (κ1) is 22.8. The van der Waals surface area contributed by atoms with E-state index in [2.05, 4.69) is 10.3 Å². The Morgan fingerprint density at radius 3 is 2.59 bits per heavy atom. The van der Waals surface area contributed by atoms with E-state index in [9.17, 15) is 18.1 Å². The van der Waals surface area contributed by atoms with Crippen LogP contribution in [0.4, 0.5) is 10.1 Å². The zero-order chi connectivity index (χ0) is 23.7. The molecule has 3 aromatic rings. The van der Waals surface area contributed by atoms with Gasteiger partial charge in [0.05, 0.1) is 11.3 Å². The molecule has 2 aromatic carbocycles. The van der Waals surface area contributed by atoms with Crippen molar-refractivity contribution in [2.24, 2.45) is 5.92 Å². The first-order chi connectivity index (χ1) is 16.4. The fourth-order valence-electron chi connectivity index (χ4n) is 4.84. The third kappa shape index (κ3) is 4.63. The second-order valence-electron chi connectivity index (χ2n) is 9.32. The minimum absolute atomic E-state index is 0.0114. The van der Waals surface area contributed by atoms with Gasteiger partial charge in [-0.15, -0.1) is 0 Å². The molecule has 1 saturated heterocycles. The summed E-state index contributed by atoms with van der Waals surface area (Å²) in [4.78, 5) is 4.27. The standard InChI is InChI=1S/C26H27FN4O2S/c27-25-5-4-19(12-22(25)15-28)21-13-20-6-9-29-16-24(20)26(14-21)30-23-7-10-31(11-8-23)34(32,33)17-18-2-1-3-18/h4-6,9,12-14,16,18,23,30H,1-3,7-8,10-11,17H2. The molecule has 6 nitrogen and oxygen atoms in total. The van der Waals surface area contributed by atoms with E-state index < -0.39 is 15.8 Å². The predicted molar refractivity (Wildman–Crippen MR) is 131 cm³/mol. The van der Waals surface area contributed by atoms with Gasteiger partial charge in [0.1, 0.15) is 11.9 Å². The normalized spacial score (nSPS) is 17.9. The SMILES string of the molecule is N#Cc1cc(-c2cc(NC3CCN(S(=O)(=O)CC4CCC4)CC3)c3cnccc3c2)ccc1F. The number of nitriles is 1. The highest BCUT2D eigenvalue weighted by Crippen LogP contribution is 2.33. The van der Waals surface area contributed by atoms with Crippen molar-refractivity contribution in [2.75, 3.05) is 24.2 Å². The van der Waals surface area contributed by atoms with E-state index in [0.29, 0.717) is 19.0 Å². The number of sulfonamides is 1. The summed E-state index contributed by atoms with van der Waals surface area (Å²) in [7, 11) is -3.19. The third-order valence-electron chi connectivity index (χ3n) is 7.05. The van der Waals surface area contributed by atoms with Crippen LogP contribution in [0.1, 0.15) is 37.7 Å². The number of halogens is 1. The lowest BCUT2D eigenvalue weighted by Gasteiger charge is -2.34. The molecule has 176 valence electrons. The van der Waals surface area contributed by atoms with Crippen LogP contribution in [0.3, 0.4) is 0 Å². The van der Waals surface area contributed by atoms with Crippen LogP contribution in [0.2, 0.25) is 0 Å². The van der Waals surface area contributed by atoms with Crippen LogP contribution in [-0.2, 0) is 10.0 Å². The summed E-state index contributed by atoms with van der Waals surface area (Å²) in [6, 6.07) is 12.5. The number of aromatic nitrogens is 1. The van der Waals surface area contributed by atoms with Crippen molar-refractivity contribution in [3.63, 3.8) is 0 Å². The molecule has 8 heteroatoms. The summed E-state index contributed by atoms with van der Waals surface area (Å²) >= 11 is 0. The molecule has 1 aliphatic heterocycles. The van der Waals surface area contributed by atoms with E-state index in [4.69, 9.17) is 0 Å². The molecule has 0 unspecified atom stereocenters.